The fourth-order valence-electron chi connectivity index (χ4n) is 2.74. The van der Waals surface area contributed by atoms with E-state index in [-0.39, 0.29) is 11.5 Å². The Morgan fingerprint density at radius 3 is 2.03 bits per heavy atom. The third kappa shape index (κ3) is 9.57. The van der Waals surface area contributed by atoms with Crippen molar-refractivity contribution < 1.29 is 28.6 Å². The van der Waals surface area contributed by atoms with Gasteiger partial charge in [-0.05, 0) is 84.2 Å². The number of halogens is 1. The van der Waals surface area contributed by atoms with Crippen molar-refractivity contribution in [2.24, 2.45) is 0 Å². The van der Waals surface area contributed by atoms with E-state index < -0.39 is 35.1 Å². The molecular formula is C25H34BrN5O6. The van der Waals surface area contributed by atoms with E-state index in [1.54, 1.807) is 72.9 Å². The molecule has 0 bridgehead atoms. The van der Waals surface area contributed by atoms with Crippen molar-refractivity contribution in [3.8, 4) is 11.8 Å². The number of nitrogens with one attached hydrogen (secondary N) is 1. The molecule has 2 aromatic rings. The molecule has 0 unspecified atom stereocenters. The van der Waals surface area contributed by atoms with Gasteiger partial charge in [0.1, 0.15) is 27.1 Å². The molecule has 0 fully saturated rings. The van der Waals surface area contributed by atoms with E-state index in [0.717, 1.165) is 0 Å². The minimum atomic E-state index is -0.960. The molecule has 11 nitrogen and oxygen atoms in total. The van der Waals surface area contributed by atoms with Gasteiger partial charge in [-0.25, -0.2) is 24.4 Å². The van der Waals surface area contributed by atoms with Crippen LogP contribution in [0.3, 0.4) is 0 Å². The van der Waals surface area contributed by atoms with Gasteiger partial charge in [-0.1, -0.05) is 5.92 Å². The Morgan fingerprint density at radius 2 is 1.51 bits per heavy atom. The average molecular weight is 580 g/mol. The van der Waals surface area contributed by atoms with Crippen LogP contribution in [0.25, 0.3) is 5.65 Å². The number of aromatic nitrogens is 3. The number of carbonyl (C=O) groups is 3. The lowest BCUT2D eigenvalue weighted by atomic mass is 10.2. The first-order valence-corrected chi connectivity index (χ1v) is 12.4. The van der Waals surface area contributed by atoms with Crippen LogP contribution in [0.2, 0.25) is 0 Å². The van der Waals surface area contributed by atoms with E-state index in [4.69, 9.17) is 14.2 Å². The van der Waals surface area contributed by atoms with Crippen molar-refractivity contribution in [1.29, 1.82) is 0 Å². The van der Waals surface area contributed by atoms with Gasteiger partial charge in [0.05, 0.1) is 6.20 Å². The first-order chi connectivity index (χ1) is 16.9. The molecule has 2 aromatic heterocycles. The zero-order valence-corrected chi connectivity index (χ0v) is 24.3. The lowest BCUT2D eigenvalue weighted by molar-refractivity contribution is 0.0426. The standard InChI is InChI=1S/C25H34BrN5O6/c1-23(2,3)35-20(32)27-13-11-10-12-16-14-28-18-19(29-17(26)15-30(16)18)31(21(33)36-24(4,5)6)22(34)37-25(7,8)9/h14-15H,11,13H2,1-9H3,(H,27,32). The van der Waals surface area contributed by atoms with Crippen LogP contribution in [0.4, 0.5) is 20.2 Å². The largest absolute Gasteiger partial charge is 0.444 e. The van der Waals surface area contributed by atoms with Crippen molar-refractivity contribution in [2.45, 2.75) is 85.5 Å². The van der Waals surface area contributed by atoms with Gasteiger partial charge in [0.25, 0.3) is 0 Å². The maximum atomic E-state index is 13.1. The van der Waals surface area contributed by atoms with E-state index in [1.165, 1.54) is 6.20 Å². The molecule has 0 radical (unpaired) electrons. The topological polar surface area (TPSA) is 124 Å². The van der Waals surface area contributed by atoms with Crippen LogP contribution < -0.4 is 10.2 Å². The second-order valence-corrected chi connectivity index (χ2v) is 11.8. The molecule has 0 saturated carbocycles. The van der Waals surface area contributed by atoms with Crippen molar-refractivity contribution in [3.05, 3.63) is 22.7 Å². The summed E-state index contributed by atoms with van der Waals surface area (Å²) < 4.78 is 18.0. The molecule has 202 valence electrons. The predicted octanol–water partition coefficient (Wildman–Crippen LogP) is 5.43. The molecule has 0 aliphatic heterocycles. The van der Waals surface area contributed by atoms with Crippen LogP contribution in [0.1, 0.15) is 74.4 Å². The summed E-state index contributed by atoms with van der Waals surface area (Å²) in [6.07, 6.45) is 1.01. The van der Waals surface area contributed by atoms with E-state index in [9.17, 15) is 14.4 Å². The lowest BCUT2D eigenvalue weighted by Gasteiger charge is -2.28. The number of hydrogen-bond donors (Lipinski definition) is 1. The number of imide groups is 1. The summed E-state index contributed by atoms with van der Waals surface area (Å²) in [5.41, 5.74) is -1.67. The highest BCUT2D eigenvalue weighted by atomic mass is 79.9. The summed E-state index contributed by atoms with van der Waals surface area (Å²) in [5.74, 6) is 5.85. The van der Waals surface area contributed by atoms with Crippen molar-refractivity contribution in [1.82, 2.24) is 19.7 Å². The number of anilines is 1. The summed E-state index contributed by atoms with van der Waals surface area (Å²) in [5, 5.41) is 2.64. The number of imidazole rings is 1. The van der Waals surface area contributed by atoms with E-state index in [2.05, 4.69) is 43.1 Å². The first-order valence-electron chi connectivity index (χ1n) is 11.6. The molecule has 0 atom stereocenters. The third-order valence-electron chi connectivity index (χ3n) is 3.94. The number of alkyl carbamates (subject to hydrolysis) is 1. The molecule has 3 amide bonds. The Kier molecular flexibility index (Phi) is 9.19. The normalized spacial score (nSPS) is 11.8. The highest BCUT2D eigenvalue weighted by Gasteiger charge is 2.35. The maximum absolute atomic E-state index is 13.1. The molecule has 0 saturated heterocycles. The minimum Gasteiger partial charge on any atom is -0.444 e. The molecule has 2 rings (SSSR count). The number of hydrogen-bond acceptors (Lipinski definition) is 8. The fraction of sp³-hybridized carbons (Fsp3) is 0.560. The van der Waals surface area contributed by atoms with Crippen LogP contribution in [-0.4, -0.2) is 56.0 Å². The highest BCUT2D eigenvalue weighted by Crippen LogP contribution is 2.26. The zero-order chi connectivity index (χ0) is 28.2. The lowest BCUT2D eigenvalue weighted by Crippen LogP contribution is -2.44. The average Bonchev–Trinajstić information content (AvgIpc) is 3.06. The van der Waals surface area contributed by atoms with Crippen molar-refractivity contribution in [2.75, 3.05) is 11.4 Å². The second kappa shape index (κ2) is 11.4. The predicted molar refractivity (Wildman–Crippen MR) is 141 cm³/mol. The van der Waals surface area contributed by atoms with Crippen molar-refractivity contribution >= 4 is 45.7 Å². The van der Waals surface area contributed by atoms with Gasteiger partial charge < -0.3 is 19.5 Å². The summed E-state index contributed by atoms with van der Waals surface area (Å²) in [4.78, 5) is 47.3. The Labute approximate surface area is 225 Å². The maximum Gasteiger partial charge on any atom is 0.425 e. The Balaban J connectivity index is 2.37. The van der Waals surface area contributed by atoms with Crippen LogP contribution in [0.15, 0.2) is 17.0 Å². The van der Waals surface area contributed by atoms with E-state index in [1.807, 2.05) is 0 Å². The number of ether oxygens (including phenoxy) is 3. The van der Waals surface area contributed by atoms with E-state index in [0.29, 0.717) is 28.2 Å². The van der Waals surface area contributed by atoms with Crippen molar-refractivity contribution in [3.63, 3.8) is 0 Å². The fourth-order valence-corrected chi connectivity index (χ4v) is 3.12. The Bertz CT molecular complexity index is 1200. The Hall–Kier alpha value is -3.33. The van der Waals surface area contributed by atoms with Crippen LogP contribution in [0, 0.1) is 11.8 Å². The summed E-state index contributed by atoms with van der Waals surface area (Å²) in [6.45, 7) is 15.7. The van der Waals surface area contributed by atoms with Gasteiger partial charge in [0.15, 0.2) is 11.5 Å². The molecule has 12 heteroatoms. The van der Waals surface area contributed by atoms with Crippen LogP contribution in [-0.2, 0) is 14.2 Å². The quantitative estimate of drug-likeness (QED) is 0.289. The third-order valence-corrected chi connectivity index (χ3v) is 4.33. The monoisotopic (exact) mass is 579 g/mol. The molecule has 0 aliphatic carbocycles. The molecule has 0 aromatic carbocycles. The van der Waals surface area contributed by atoms with Gasteiger partial charge in [0.2, 0.25) is 0 Å². The van der Waals surface area contributed by atoms with Crippen LogP contribution >= 0.6 is 15.9 Å². The smallest absolute Gasteiger partial charge is 0.425 e. The molecule has 0 spiro atoms. The number of amides is 3. The summed E-state index contributed by atoms with van der Waals surface area (Å²) in [6, 6.07) is 0. The summed E-state index contributed by atoms with van der Waals surface area (Å²) >= 11 is 3.32. The molecule has 1 N–H and O–H groups in total. The van der Waals surface area contributed by atoms with Gasteiger partial charge in [-0.2, -0.15) is 4.90 Å². The molecule has 0 aliphatic rings. The van der Waals surface area contributed by atoms with Gasteiger partial charge in [-0.3, -0.25) is 4.40 Å². The first kappa shape index (κ1) is 29.9. The number of nitrogens with zero attached hydrogens (tertiary/aromatic N) is 4. The zero-order valence-electron chi connectivity index (χ0n) is 22.7. The number of fused-ring (bicyclic) bond motifs is 1. The van der Waals surface area contributed by atoms with Gasteiger partial charge in [0, 0.05) is 19.2 Å². The second-order valence-electron chi connectivity index (χ2n) is 11.0. The minimum absolute atomic E-state index is 0.0856. The molecule has 37 heavy (non-hydrogen) atoms. The molecular weight excluding hydrogens is 546 g/mol. The summed E-state index contributed by atoms with van der Waals surface area (Å²) in [7, 11) is 0. The van der Waals surface area contributed by atoms with E-state index >= 15 is 0 Å². The Morgan fingerprint density at radius 1 is 0.973 bits per heavy atom. The van der Waals surface area contributed by atoms with Gasteiger partial charge in [-0.15, -0.1) is 0 Å². The number of rotatable bonds is 3. The number of carbonyl (C=O) groups excluding carboxylic acids is 3. The highest BCUT2D eigenvalue weighted by molar-refractivity contribution is 9.10. The van der Waals surface area contributed by atoms with Crippen LogP contribution in [0.5, 0.6) is 0 Å². The SMILES string of the molecule is CC(C)(C)OC(=O)NCCC#Cc1cnc2c(N(C(=O)OC(C)(C)C)C(=O)OC(C)(C)C)nc(Br)cn12. The van der Waals surface area contributed by atoms with Gasteiger partial charge >= 0.3 is 18.3 Å². The molecule has 2 heterocycles.